The highest BCUT2D eigenvalue weighted by atomic mass is 16.6. The Bertz CT molecular complexity index is 1280. The smallest absolute Gasteiger partial charge is 0.306 e. The monoisotopic (exact) mass is 993 g/mol. The van der Waals surface area contributed by atoms with E-state index >= 15 is 0 Å². The Balaban J connectivity index is 4.19. The number of allylic oxidation sites excluding steroid dienone is 10. The highest BCUT2D eigenvalue weighted by molar-refractivity contribution is 5.71. The van der Waals surface area contributed by atoms with Crippen LogP contribution in [0.15, 0.2) is 60.8 Å². The van der Waals surface area contributed by atoms with Crippen LogP contribution in [0, 0.1) is 0 Å². The summed E-state index contributed by atoms with van der Waals surface area (Å²) in [5.41, 5.74) is 0. The minimum atomic E-state index is -0.774. The molecule has 0 heterocycles. The molecule has 71 heavy (non-hydrogen) atoms. The number of esters is 3. The van der Waals surface area contributed by atoms with Crippen LogP contribution in [0.1, 0.15) is 316 Å². The molecule has 1 atom stereocenters. The average Bonchev–Trinajstić information content (AvgIpc) is 3.37. The van der Waals surface area contributed by atoms with Crippen molar-refractivity contribution in [1.29, 1.82) is 0 Å². The van der Waals surface area contributed by atoms with Crippen LogP contribution in [0.3, 0.4) is 0 Å². The standard InChI is InChI=1S/C65H116O6/c1-4-7-10-13-16-19-22-24-26-27-28-29-30-31-32-33-34-35-36-37-39-40-43-46-49-52-55-58-64(67)70-61-62(60-69-63(66)57-54-51-48-45-42-21-18-15-12-9-6-3)71-65(68)59-56-53-50-47-44-41-38-25-23-20-17-14-11-8-5-2/h7,10,15-16,18-19,24,26,28-29,62H,4-6,8-9,11-14,17,20-23,25,27,30-61H2,1-3H3/b10-7-,18-15-,19-16-,26-24-,29-28-. The summed E-state index contributed by atoms with van der Waals surface area (Å²) in [5.74, 6) is -0.868. The molecule has 6 heteroatoms. The van der Waals surface area contributed by atoms with Crippen molar-refractivity contribution < 1.29 is 28.6 Å². The van der Waals surface area contributed by atoms with Gasteiger partial charge in [0.1, 0.15) is 13.2 Å². The van der Waals surface area contributed by atoms with Gasteiger partial charge in [0.2, 0.25) is 0 Å². The molecule has 0 rings (SSSR count). The zero-order chi connectivity index (χ0) is 51.4. The molecule has 0 aliphatic heterocycles. The van der Waals surface area contributed by atoms with Crippen LogP contribution in [-0.4, -0.2) is 37.2 Å². The van der Waals surface area contributed by atoms with Crippen molar-refractivity contribution >= 4 is 17.9 Å². The second-order valence-electron chi connectivity index (χ2n) is 20.6. The van der Waals surface area contributed by atoms with Gasteiger partial charge in [-0.05, 0) is 77.0 Å². The van der Waals surface area contributed by atoms with E-state index < -0.39 is 6.10 Å². The van der Waals surface area contributed by atoms with Gasteiger partial charge in [-0.1, -0.05) is 281 Å². The predicted molar refractivity (Wildman–Crippen MR) is 307 cm³/mol. The molecule has 0 N–H and O–H groups in total. The lowest BCUT2D eigenvalue weighted by molar-refractivity contribution is -0.167. The van der Waals surface area contributed by atoms with Crippen molar-refractivity contribution in [1.82, 2.24) is 0 Å². The van der Waals surface area contributed by atoms with Crippen LogP contribution >= 0.6 is 0 Å². The minimum absolute atomic E-state index is 0.0731. The lowest BCUT2D eigenvalue weighted by Crippen LogP contribution is -2.30. The summed E-state index contributed by atoms with van der Waals surface area (Å²) in [6.45, 7) is 6.52. The SMILES string of the molecule is CC/C=C\C/C=C\C/C=C\C/C=C\CCCCCCCCCCCCCCCCC(=O)OCC(COC(=O)CCCCCCC/C=C\CCCC)OC(=O)CCCCCCCCCCCCCCCCC. The van der Waals surface area contributed by atoms with E-state index in [4.69, 9.17) is 14.2 Å². The van der Waals surface area contributed by atoms with E-state index in [1.165, 1.54) is 186 Å². The largest absolute Gasteiger partial charge is 0.462 e. The maximum Gasteiger partial charge on any atom is 0.306 e. The summed E-state index contributed by atoms with van der Waals surface area (Å²) >= 11 is 0. The second-order valence-corrected chi connectivity index (χ2v) is 20.6. The molecular formula is C65H116O6. The zero-order valence-electron chi connectivity index (χ0n) is 47.2. The number of carbonyl (C=O) groups excluding carboxylic acids is 3. The normalized spacial score (nSPS) is 12.4. The predicted octanol–water partition coefficient (Wildman–Crippen LogP) is 20.8. The number of ether oxygens (including phenoxy) is 3. The van der Waals surface area contributed by atoms with Gasteiger partial charge in [-0.3, -0.25) is 14.4 Å². The third kappa shape index (κ3) is 57.9. The van der Waals surface area contributed by atoms with E-state index in [0.717, 1.165) is 89.9 Å². The van der Waals surface area contributed by atoms with Crippen LogP contribution in [0.4, 0.5) is 0 Å². The molecule has 0 saturated carbocycles. The molecule has 0 spiro atoms. The van der Waals surface area contributed by atoms with E-state index in [-0.39, 0.29) is 31.1 Å². The first kappa shape index (κ1) is 68.1. The molecule has 0 fully saturated rings. The highest BCUT2D eigenvalue weighted by Gasteiger charge is 2.19. The van der Waals surface area contributed by atoms with E-state index in [1.807, 2.05) is 0 Å². The van der Waals surface area contributed by atoms with E-state index in [2.05, 4.69) is 81.5 Å². The first-order chi connectivity index (χ1) is 35.0. The lowest BCUT2D eigenvalue weighted by Gasteiger charge is -2.18. The number of rotatable bonds is 56. The number of unbranched alkanes of at least 4 members (excludes halogenated alkanes) is 35. The number of hydrogen-bond acceptors (Lipinski definition) is 6. The summed E-state index contributed by atoms with van der Waals surface area (Å²) in [6.07, 6.45) is 75.1. The average molecular weight is 994 g/mol. The van der Waals surface area contributed by atoms with Gasteiger partial charge in [0, 0.05) is 19.3 Å². The van der Waals surface area contributed by atoms with Crippen molar-refractivity contribution in [3.8, 4) is 0 Å². The Labute approximate surface area is 440 Å². The zero-order valence-corrected chi connectivity index (χ0v) is 47.2. The first-order valence-electron chi connectivity index (χ1n) is 30.8. The quantitative estimate of drug-likeness (QED) is 0.0261. The summed E-state index contributed by atoms with van der Waals surface area (Å²) in [7, 11) is 0. The third-order valence-corrected chi connectivity index (χ3v) is 13.5. The van der Waals surface area contributed by atoms with Crippen LogP contribution in [0.25, 0.3) is 0 Å². The third-order valence-electron chi connectivity index (χ3n) is 13.5. The van der Waals surface area contributed by atoms with Crippen molar-refractivity contribution in [2.75, 3.05) is 13.2 Å². The van der Waals surface area contributed by atoms with Crippen LogP contribution in [0.5, 0.6) is 0 Å². The molecule has 0 bridgehead atoms. The van der Waals surface area contributed by atoms with Gasteiger partial charge in [0.15, 0.2) is 6.10 Å². The van der Waals surface area contributed by atoms with Gasteiger partial charge in [-0.2, -0.15) is 0 Å². The van der Waals surface area contributed by atoms with Gasteiger partial charge < -0.3 is 14.2 Å². The fraction of sp³-hybridized carbons (Fsp3) is 0.800. The van der Waals surface area contributed by atoms with Gasteiger partial charge in [-0.25, -0.2) is 0 Å². The Morgan fingerprint density at radius 2 is 0.563 bits per heavy atom. The lowest BCUT2D eigenvalue weighted by atomic mass is 10.0. The van der Waals surface area contributed by atoms with Gasteiger partial charge in [-0.15, -0.1) is 0 Å². The molecule has 0 radical (unpaired) electrons. The Kier molecular flexibility index (Phi) is 57.2. The summed E-state index contributed by atoms with van der Waals surface area (Å²) in [6, 6.07) is 0. The summed E-state index contributed by atoms with van der Waals surface area (Å²) in [4.78, 5) is 38.2. The van der Waals surface area contributed by atoms with Gasteiger partial charge in [0.25, 0.3) is 0 Å². The number of carbonyl (C=O) groups is 3. The Hall–Kier alpha value is -2.89. The maximum atomic E-state index is 12.9. The van der Waals surface area contributed by atoms with Crippen LogP contribution < -0.4 is 0 Å². The molecule has 412 valence electrons. The van der Waals surface area contributed by atoms with Crippen molar-refractivity contribution in [2.24, 2.45) is 0 Å². The molecule has 0 aliphatic rings. The molecule has 0 amide bonds. The van der Waals surface area contributed by atoms with Gasteiger partial charge in [0.05, 0.1) is 0 Å². The number of hydrogen-bond donors (Lipinski definition) is 0. The molecule has 0 aromatic rings. The van der Waals surface area contributed by atoms with E-state index in [0.29, 0.717) is 19.3 Å². The molecule has 0 aliphatic carbocycles. The molecule has 0 saturated heterocycles. The van der Waals surface area contributed by atoms with E-state index in [9.17, 15) is 14.4 Å². The van der Waals surface area contributed by atoms with E-state index in [1.54, 1.807) is 0 Å². The molecular weight excluding hydrogens is 877 g/mol. The molecule has 6 nitrogen and oxygen atoms in total. The molecule has 0 aromatic heterocycles. The second kappa shape index (κ2) is 59.7. The molecule has 1 unspecified atom stereocenters. The maximum absolute atomic E-state index is 12.9. The highest BCUT2D eigenvalue weighted by Crippen LogP contribution is 2.17. The fourth-order valence-corrected chi connectivity index (χ4v) is 8.89. The van der Waals surface area contributed by atoms with Crippen LogP contribution in [-0.2, 0) is 28.6 Å². The Morgan fingerprint density at radius 1 is 0.296 bits per heavy atom. The fourth-order valence-electron chi connectivity index (χ4n) is 8.89. The van der Waals surface area contributed by atoms with Gasteiger partial charge >= 0.3 is 17.9 Å². The van der Waals surface area contributed by atoms with Crippen LogP contribution in [0.2, 0.25) is 0 Å². The van der Waals surface area contributed by atoms with Crippen molar-refractivity contribution in [3.63, 3.8) is 0 Å². The summed E-state index contributed by atoms with van der Waals surface area (Å²) < 4.78 is 16.9. The minimum Gasteiger partial charge on any atom is -0.462 e. The van der Waals surface area contributed by atoms with Crippen molar-refractivity contribution in [2.45, 2.75) is 322 Å². The summed E-state index contributed by atoms with van der Waals surface area (Å²) in [5, 5.41) is 0. The van der Waals surface area contributed by atoms with Crippen molar-refractivity contribution in [3.05, 3.63) is 60.8 Å². The Morgan fingerprint density at radius 3 is 0.915 bits per heavy atom. The topological polar surface area (TPSA) is 78.9 Å². The molecule has 0 aromatic carbocycles. The first-order valence-corrected chi connectivity index (χ1v) is 30.8.